The van der Waals surface area contributed by atoms with Gasteiger partial charge in [-0.15, -0.1) is 0 Å². The number of piperidine rings is 3. The summed E-state index contributed by atoms with van der Waals surface area (Å²) in [7, 11) is 0. The number of quaternary nitrogens is 1. The van der Waals surface area contributed by atoms with Gasteiger partial charge in [-0.2, -0.15) is 0 Å². The van der Waals surface area contributed by atoms with Crippen molar-refractivity contribution >= 4 is 27.7 Å². The van der Waals surface area contributed by atoms with Crippen molar-refractivity contribution in [2.45, 2.75) is 18.9 Å². The lowest BCUT2D eigenvalue weighted by molar-refractivity contribution is -0.938. The first-order valence-electron chi connectivity index (χ1n) is 9.45. The maximum Gasteiger partial charge on any atom is 0.338 e. The van der Waals surface area contributed by atoms with Crippen LogP contribution in [-0.4, -0.2) is 48.5 Å². The van der Waals surface area contributed by atoms with E-state index in [2.05, 4.69) is 15.9 Å². The maximum absolute atomic E-state index is 12.8. The summed E-state index contributed by atoms with van der Waals surface area (Å²) in [5, 5.41) is 0. The Labute approximate surface area is 167 Å². The molecule has 0 radical (unpaired) electrons. The summed E-state index contributed by atoms with van der Waals surface area (Å²) < 4.78 is 7.57. The molecule has 1 atom stereocenters. The summed E-state index contributed by atoms with van der Waals surface area (Å²) in [4.78, 5) is 25.3. The standard InChI is InChI=1S/C22H23BrNO3/c23-19-8-6-16(7-9-19)20(25)14-24-12-10-17(11-13-24)21(15-24)27-22(26)18-4-2-1-3-5-18/h1-9,17,21H,10-15H2/q+1. The molecule has 5 heteroatoms. The third kappa shape index (κ3) is 3.99. The van der Waals surface area contributed by atoms with E-state index >= 15 is 0 Å². The molecule has 3 aliphatic heterocycles. The molecule has 3 fully saturated rings. The van der Waals surface area contributed by atoms with Gasteiger partial charge in [0.25, 0.3) is 0 Å². The van der Waals surface area contributed by atoms with E-state index in [9.17, 15) is 9.59 Å². The number of esters is 1. The topological polar surface area (TPSA) is 43.4 Å². The van der Waals surface area contributed by atoms with Crippen LogP contribution in [0.1, 0.15) is 33.6 Å². The molecular weight excluding hydrogens is 406 g/mol. The highest BCUT2D eigenvalue weighted by Gasteiger charge is 2.48. The second-order valence-electron chi connectivity index (χ2n) is 7.71. The van der Waals surface area contributed by atoms with Crippen LogP contribution < -0.4 is 0 Å². The van der Waals surface area contributed by atoms with E-state index < -0.39 is 0 Å². The Balaban J connectivity index is 1.45. The Morgan fingerprint density at radius 3 is 2.30 bits per heavy atom. The quantitative estimate of drug-likeness (QED) is 0.409. The molecule has 0 N–H and O–H groups in total. The first-order valence-corrected chi connectivity index (χ1v) is 10.2. The van der Waals surface area contributed by atoms with E-state index in [4.69, 9.17) is 4.74 Å². The van der Waals surface area contributed by atoms with Crippen molar-refractivity contribution in [2.24, 2.45) is 5.92 Å². The van der Waals surface area contributed by atoms with Crippen LogP contribution in [0.2, 0.25) is 0 Å². The molecule has 0 saturated carbocycles. The molecule has 0 amide bonds. The number of halogens is 1. The zero-order valence-corrected chi connectivity index (χ0v) is 16.7. The number of carbonyl (C=O) groups excluding carboxylic acids is 2. The average Bonchev–Trinajstić information content (AvgIpc) is 2.69. The van der Waals surface area contributed by atoms with E-state index in [1.54, 1.807) is 12.1 Å². The zero-order chi connectivity index (χ0) is 18.9. The minimum absolute atomic E-state index is 0.0991. The minimum Gasteiger partial charge on any atom is -0.452 e. The van der Waals surface area contributed by atoms with Crippen LogP contribution in [0.3, 0.4) is 0 Å². The molecular formula is C22H23BrNO3+. The highest BCUT2D eigenvalue weighted by atomic mass is 79.9. The normalized spacial score (nSPS) is 26.6. The number of fused-ring (bicyclic) bond motifs is 3. The molecule has 0 aliphatic carbocycles. The molecule has 2 bridgehead atoms. The van der Waals surface area contributed by atoms with Crippen LogP contribution in [0.4, 0.5) is 0 Å². The maximum atomic E-state index is 12.8. The van der Waals surface area contributed by atoms with Gasteiger partial charge in [-0.3, -0.25) is 4.79 Å². The van der Waals surface area contributed by atoms with Crippen molar-refractivity contribution in [3.05, 3.63) is 70.2 Å². The largest absolute Gasteiger partial charge is 0.452 e. The first-order chi connectivity index (χ1) is 13.0. The summed E-state index contributed by atoms with van der Waals surface area (Å²) in [5.74, 6) is 0.322. The molecule has 2 aromatic rings. The Morgan fingerprint density at radius 1 is 0.963 bits per heavy atom. The molecule has 3 aliphatic rings. The molecule has 140 valence electrons. The highest BCUT2D eigenvalue weighted by Crippen LogP contribution is 2.36. The van der Waals surface area contributed by atoms with Gasteiger partial charge in [-0.25, -0.2) is 4.79 Å². The number of hydrogen-bond acceptors (Lipinski definition) is 3. The second-order valence-corrected chi connectivity index (χ2v) is 8.62. The second kappa shape index (κ2) is 7.56. The van der Waals surface area contributed by atoms with Crippen molar-refractivity contribution in [2.75, 3.05) is 26.2 Å². The summed E-state index contributed by atoms with van der Waals surface area (Å²) in [6.07, 6.45) is 1.93. The number of carbonyl (C=O) groups is 2. The summed E-state index contributed by atoms with van der Waals surface area (Å²) in [6.45, 7) is 3.21. The molecule has 1 unspecified atom stereocenters. The fourth-order valence-electron chi connectivity index (χ4n) is 4.39. The number of nitrogens with zero attached hydrogens (tertiary/aromatic N) is 1. The van der Waals surface area contributed by atoms with E-state index in [0.29, 0.717) is 18.0 Å². The van der Waals surface area contributed by atoms with Gasteiger partial charge in [-0.1, -0.05) is 46.3 Å². The van der Waals surface area contributed by atoms with E-state index in [0.717, 1.165) is 47.0 Å². The summed E-state index contributed by atoms with van der Waals surface area (Å²) in [6, 6.07) is 16.7. The van der Waals surface area contributed by atoms with Gasteiger partial charge < -0.3 is 9.22 Å². The molecule has 3 saturated heterocycles. The highest BCUT2D eigenvalue weighted by molar-refractivity contribution is 9.10. The van der Waals surface area contributed by atoms with Gasteiger partial charge in [-0.05, 0) is 24.3 Å². The number of rotatable bonds is 5. The third-order valence-corrected chi connectivity index (χ3v) is 6.48. The number of benzene rings is 2. The van der Waals surface area contributed by atoms with Crippen LogP contribution in [-0.2, 0) is 4.74 Å². The monoisotopic (exact) mass is 428 g/mol. The Hall–Kier alpha value is -1.98. The van der Waals surface area contributed by atoms with Gasteiger partial charge >= 0.3 is 5.97 Å². The molecule has 3 heterocycles. The van der Waals surface area contributed by atoms with Crippen LogP contribution in [0.5, 0.6) is 0 Å². The molecule has 0 aromatic heterocycles. The van der Waals surface area contributed by atoms with Gasteiger partial charge in [0.2, 0.25) is 5.78 Å². The van der Waals surface area contributed by atoms with Crippen molar-refractivity contribution in [3.8, 4) is 0 Å². The first kappa shape index (κ1) is 18.4. The van der Waals surface area contributed by atoms with E-state index in [1.807, 2.05) is 42.5 Å². The SMILES string of the molecule is O=C(C[N+]12CCC(CC1)C(OC(=O)c1ccccc1)C2)c1ccc(Br)cc1. The Bertz CT molecular complexity index is 826. The number of ketones is 1. The van der Waals surface area contributed by atoms with E-state index in [-0.39, 0.29) is 17.9 Å². The fourth-order valence-corrected chi connectivity index (χ4v) is 4.65. The molecule has 5 rings (SSSR count). The lowest BCUT2D eigenvalue weighted by atomic mass is 9.82. The van der Waals surface area contributed by atoms with Gasteiger partial charge in [0.15, 0.2) is 6.10 Å². The van der Waals surface area contributed by atoms with Gasteiger partial charge in [0.05, 0.1) is 18.7 Å². The van der Waals surface area contributed by atoms with E-state index in [1.165, 1.54) is 0 Å². The third-order valence-electron chi connectivity index (χ3n) is 5.95. The molecule has 2 aromatic carbocycles. The minimum atomic E-state index is -0.258. The summed E-state index contributed by atoms with van der Waals surface area (Å²) in [5.41, 5.74) is 1.34. The van der Waals surface area contributed by atoms with Crippen molar-refractivity contribution in [1.82, 2.24) is 0 Å². The molecule has 0 spiro atoms. The van der Waals surface area contributed by atoms with Gasteiger partial charge in [0, 0.05) is 28.8 Å². The number of Topliss-reactive ketones (excluding diaryl/α,β-unsaturated/α-hetero) is 1. The lowest BCUT2D eigenvalue weighted by Gasteiger charge is -2.51. The smallest absolute Gasteiger partial charge is 0.338 e. The molecule has 4 nitrogen and oxygen atoms in total. The number of ether oxygens (including phenoxy) is 1. The van der Waals surface area contributed by atoms with Crippen molar-refractivity contribution in [1.29, 1.82) is 0 Å². The van der Waals surface area contributed by atoms with Crippen molar-refractivity contribution in [3.63, 3.8) is 0 Å². The predicted molar refractivity (Wildman–Crippen MR) is 107 cm³/mol. The molecule has 27 heavy (non-hydrogen) atoms. The lowest BCUT2D eigenvalue weighted by Crippen LogP contribution is -2.65. The van der Waals surface area contributed by atoms with Crippen LogP contribution in [0.15, 0.2) is 59.1 Å². The van der Waals surface area contributed by atoms with Gasteiger partial charge in [0.1, 0.15) is 13.1 Å². The summed E-state index contributed by atoms with van der Waals surface area (Å²) >= 11 is 3.41. The fraction of sp³-hybridized carbons (Fsp3) is 0.364. The zero-order valence-electron chi connectivity index (χ0n) is 15.1. The predicted octanol–water partition coefficient (Wildman–Crippen LogP) is 4.10. The van der Waals surface area contributed by atoms with Crippen molar-refractivity contribution < 1.29 is 18.8 Å². The Kier molecular flexibility index (Phi) is 5.15. The number of hydrogen-bond donors (Lipinski definition) is 0. The van der Waals surface area contributed by atoms with Crippen LogP contribution in [0, 0.1) is 5.92 Å². The Morgan fingerprint density at radius 2 is 1.63 bits per heavy atom. The van der Waals surface area contributed by atoms with Crippen LogP contribution >= 0.6 is 15.9 Å². The average molecular weight is 429 g/mol. The van der Waals surface area contributed by atoms with Crippen LogP contribution in [0.25, 0.3) is 0 Å².